The van der Waals surface area contributed by atoms with Gasteiger partial charge in [-0.05, 0) is 18.7 Å². The summed E-state index contributed by atoms with van der Waals surface area (Å²) < 4.78 is 0. The minimum absolute atomic E-state index is 0.167. The molecule has 0 amide bonds. The molecule has 16 heavy (non-hydrogen) atoms. The number of benzene rings is 1. The fourth-order valence-corrected chi connectivity index (χ4v) is 1.91. The molecule has 1 unspecified atom stereocenters. The normalized spacial score (nSPS) is 19.4. The maximum atomic E-state index is 11.2. The standard InChI is InChI=1S/C13H13NO2/c1-9-12(13(15)16)11(7-8-14-9)10-5-3-2-4-6-10/h2-8,11,14H,1H3,(H,15,16). The first-order valence-corrected chi connectivity index (χ1v) is 5.12. The van der Waals surface area contributed by atoms with Gasteiger partial charge in [-0.1, -0.05) is 36.4 Å². The smallest absolute Gasteiger partial charge is 0.334 e. The second-order valence-electron chi connectivity index (χ2n) is 3.74. The van der Waals surface area contributed by atoms with E-state index in [1.807, 2.05) is 36.4 Å². The Hall–Kier alpha value is -2.03. The van der Waals surface area contributed by atoms with Gasteiger partial charge in [0.25, 0.3) is 0 Å². The van der Waals surface area contributed by atoms with Crippen molar-refractivity contribution in [2.75, 3.05) is 0 Å². The van der Waals surface area contributed by atoms with Crippen molar-refractivity contribution >= 4 is 5.97 Å². The maximum Gasteiger partial charge on any atom is 0.334 e. The van der Waals surface area contributed by atoms with Crippen molar-refractivity contribution in [2.45, 2.75) is 12.8 Å². The van der Waals surface area contributed by atoms with E-state index in [0.29, 0.717) is 11.3 Å². The average Bonchev–Trinajstić information content (AvgIpc) is 2.29. The highest BCUT2D eigenvalue weighted by molar-refractivity contribution is 5.90. The van der Waals surface area contributed by atoms with Gasteiger partial charge in [0.15, 0.2) is 0 Å². The topological polar surface area (TPSA) is 49.3 Å². The van der Waals surface area contributed by atoms with Crippen LogP contribution in [0.25, 0.3) is 0 Å². The van der Waals surface area contributed by atoms with E-state index in [-0.39, 0.29) is 5.92 Å². The Morgan fingerprint density at radius 1 is 1.31 bits per heavy atom. The number of aliphatic carboxylic acids is 1. The first-order chi connectivity index (χ1) is 7.70. The van der Waals surface area contributed by atoms with Crippen LogP contribution in [0.5, 0.6) is 0 Å². The molecule has 3 heteroatoms. The van der Waals surface area contributed by atoms with E-state index in [1.165, 1.54) is 0 Å². The molecule has 0 saturated heterocycles. The van der Waals surface area contributed by atoms with Crippen molar-refractivity contribution in [1.82, 2.24) is 5.32 Å². The van der Waals surface area contributed by atoms with Gasteiger partial charge < -0.3 is 10.4 Å². The largest absolute Gasteiger partial charge is 0.478 e. The summed E-state index contributed by atoms with van der Waals surface area (Å²) in [5.74, 6) is -1.04. The molecular weight excluding hydrogens is 202 g/mol. The quantitative estimate of drug-likeness (QED) is 0.795. The number of hydrogen-bond acceptors (Lipinski definition) is 2. The summed E-state index contributed by atoms with van der Waals surface area (Å²) >= 11 is 0. The first-order valence-electron chi connectivity index (χ1n) is 5.12. The van der Waals surface area contributed by atoms with Crippen LogP contribution >= 0.6 is 0 Å². The minimum atomic E-state index is -0.872. The van der Waals surface area contributed by atoms with E-state index in [4.69, 9.17) is 0 Å². The van der Waals surface area contributed by atoms with Crippen LogP contribution in [-0.4, -0.2) is 11.1 Å². The number of dihydropyridines is 1. The van der Waals surface area contributed by atoms with Gasteiger partial charge in [0.1, 0.15) is 0 Å². The first kappa shape index (κ1) is 10.5. The van der Waals surface area contributed by atoms with E-state index >= 15 is 0 Å². The van der Waals surface area contributed by atoms with Gasteiger partial charge in [0.2, 0.25) is 0 Å². The number of hydrogen-bond donors (Lipinski definition) is 2. The molecule has 1 aliphatic heterocycles. The third-order valence-electron chi connectivity index (χ3n) is 2.69. The number of carboxylic acid groups (broad SMARTS) is 1. The minimum Gasteiger partial charge on any atom is -0.478 e. The average molecular weight is 215 g/mol. The van der Waals surface area contributed by atoms with Gasteiger partial charge in [-0.2, -0.15) is 0 Å². The molecule has 82 valence electrons. The Morgan fingerprint density at radius 3 is 2.62 bits per heavy atom. The molecule has 3 nitrogen and oxygen atoms in total. The summed E-state index contributed by atoms with van der Waals surface area (Å²) in [5.41, 5.74) is 2.11. The summed E-state index contributed by atoms with van der Waals surface area (Å²) in [5, 5.41) is 12.1. The van der Waals surface area contributed by atoms with Crippen molar-refractivity contribution < 1.29 is 9.90 Å². The molecule has 0 aromatic heterocycles. The van der Waals surface area contributed by atoms with E-state index in [0.717, 1.165) is 5.56 Å². The zero-order chi connectivity index (χ0) is 11.5. The number of carbonyl (C=O) groups is 1. The molecule has 1 aliphatic rings. The van der Waals surface area contributed by atoms with Gasteiger partial charge in [0, 0.05) is 11.6 Å². The molecule has 1 heterocycles. The van der Waals surface area contributed by atoms with Crippen molar-refractivity contribution in [1.29, 1.82) is 0 Å². The van der Waals surface area contributed by atoms with Crippen LogP contribution in [0.15, 0.2) is 53.9 Å². The third kappa shape index (κ3) is 1.84. The Labute approximate surface area is 94.1 Å². The highest BCUT2D eigenvalue weighted by Gasteiger charge is 2.24. The zero-order valence-electron chi connectivity index (χ0n) is 8.97. The molecule has 1 aromatic carbocycles. The van der Waals surface area contributed by atoms with Crippen molar-refractivity contribution in [3.05, 3.63) is 59.4 Å². The van der Waals surface area contributed by atoms with Crippen molar-refractivity contribution in [3.63, 3.8) is 0 Å². The lowest BCUT2D eigenvalue weighted by Gasteiger charge is -2.21. The summed E-state index contributed by atoms with van der Waals surface area (Å²) in [4.78, 5) is 11.2. The summed E-state index contributed by atoms with van der Waals surface area (Å²) in [6, 6.07) is 9.64. The van der Waals surface area contributed by atoms with Crippen LogP contribution in [-0.2, 0) is 4.79 Å². The van der Waals surface area contributed by atoms with E-state index < -0.39 is 5.97 Å². The Bertz CT molecular complexity index is 460. The molecule has 1 atom stereocenters. The van der Waals surface area contributed by atoms with E-state index in [1.54, 1.807) is 13.1 Å². The summed E-state index contributed by atoms with van der Waals surface area (Å²) in [7, 11) is 0. The van der Waals surface area contributed by atoms with Crippen LogP contribution in [0.4, 0.5) is 0 Å². The van der Waals surface area contributed by atoms with Crippen LogP contribution < -0.4 is 5.32 Å². The van der Waals surface area contributed by atoms with Gasteiger partial charge in [0.05, 0.1) is 5.57 Å². The van der Waals surface area contributed by atoms with Crippen LogP contribution in [0, 0.1) is 0 Å². The van der Waals surface area contributed by atoms with E-state index in [9.17, 15) is 9.90 Å². The fourth-order valence-electron chi connectivity index (χ4n) is 1.91. The molecule has 0 saturated carbocycles. The third-order valence-corrected chi connectivity index (χ3v) is 2.69. The Morgan fingerprint density at radius 2 is 2.00 bits per heavy atom. The predicted molar refractivity (Wildman–Crippen MR) is 61.8 cm³/mol. The maximum absolute atomic E-state index is 11.2. The van der Waals surface area contributed by atoms with Crippen LogP contribution in [0.2, 0.25) is 0 Å². The Balaban J connectivity index is 2.44. The van der Waals surface area contributed by atoms with E-state index in [2.05, 4.69) is 5.32 Å². The monoisotopic (exact) mass is 215 g/mol. The molecule has 0 bridgehead atoms. The number of nitrogens with one attached hydrogen (secondary N) is 1. The SMILES string of the molecule is CC1=C(C(=O)O)C(c2ccccc2)C=CN1. The molecule has 0 aliphatic carbocycles. The molecule has 0 fully saturated rings. The molecule has 0 spiro atoms. The lowest BCUT2D eigenvalue weighted by molar-refractivity contribution is -0.133. The van der Waals surface area contributed by atoms with Crippen molar-refractivity contribution in [2.24, 2.45) is 0 Å². The van der Waals surface area contributed by atoms with Gasteiger partial charge >= 0.3 is 5.97 Å². The second-order valence-corrected chi connectivity index (χ2v) is 3.74. The molecular formula is C13H13NO2. The van der Waals surface area contributed by atoms with Crippen molar-refractivity contribution in [3.8, 4) is 0 Å². The van der Waals surface area contributed by atoms with Gasteiger partial charge in [-0.3, -0.25) is 0 Å². The van der Waals surface area contributed by atoms with Crippen LogP contribution in [0.3, 0.4) is 0 Å². The number of allylic oxidation sites excluding steroid dienone is 2. The van der Waals surface area contributed by atoms with Crippen LogP contribution in [0.1, 0.15) is 18.4 Å². The summed E-state index contributed by atoms with van der Waals surface area (Å²) in [6.45, 7) is 1.78. The van der Waals surface area contributed by atoms with Gasteiger partial charge in [-0.25, -0.2) is 4.79 Å². The predicted octanol–water partition coefficient (Wildman–Crippen LogP) is 2.25. The summed E-state index contributed by atoms with van der Waals surface area (Å²) in [6.07, 6.45) is 3.66. The molecule has 1 aromatic rings. The highest BCUT2D eigenvalue weighted by Crippen LogP contribution is 2.29. The molecule has 2 N–H and O–H groups in total. The molecule has 2 rings (SSSR count). The zero-order valence-corrected chi connectivity index (χ0v) is 8.97. The highest BCUT2D eigenvalue weighted by atomic mass is 16.4. The fraction of sp³-hybridized carbons (Fsp3) is 0.154. The molecule has 0 radical (unpaired) electrons. The lowest BCUT2D eigenvalue weighted by atomic mass is 9.88. The second kappa shape index (κ2) is 4.23. The van der Waals surface area contributed by atoms with Gasteiger partial charge in [-0.15, -0.1) is 0 Å². The number of carboxylic acids is 1. The lowest BCUT2D eigenvalue weighted by Crippen LogP contribution is -2.21. The number of rotatable bonds is 2. The Kier molecular flexibility index (Phi) is 2.77.